The zero-order valence-corrected chi connectivity index (χ0v) is 23.3. The van der Waals surface area contributed by atoms with Crippen LogP contribution in [0.3, 0.4) is 0 Å². The van der Waals surface area contributed by atoms with Gasteiger partial charge in [0.25, 0.3) is 0 Å². The molecule has 5 aliphatic rings. The molecule has 5 fully saturated rings. The summed E-state index contributed by atoms with van der Waals surface area (Å²) in [5, 5.41) is 0. The highest BCUT2D eigenvalue weighted by atomic mass is 14.7. The topological polar surface area (TPSA) is 0 Å². The summed E-state index contributed by atoms with van der Waals surface area (Å²) in [5.74, 6) is 6.92. The van der Waals surface area contributed by atoms with Crippen molar-refractivity contribution in [3.8, 4) is 0 Å². The minimum Gasteiger partial charge on any atom is -0.0996 e. The average molecular weight is 441 g/mol. The quantitative estimate of drug-likeness (QED) is 0.329. The van der Waals surface area contributed by atoms with E-state index in [0.29, 0.717) is 21.7 Å². The Morgan fingerprint density at radius 2 is 1.53 bits per heavy atom. The second kappa shape index (κ2) is 8.16. The highest BCUT2D eigenvalue weighted by Crippen LogP contribution is 2.72. The third-order valence-corrected chi connectivity index (χ3v) is 12.1. The van der Waals surface area contributed by atoms with Crippen molar-refractivity contribution in [3.63, 3.8) is 0 Å². The van der Waals surface area contributed by atoms with Crippen LogP contribution in [-0.4, -0.2) is 0 Å². The lowest BCUT2D eigenvalue weighted by Gasteiger charge is -2.51. The summed E-state index contributed by atoms with van der Waals surface area (Å²) >= 11 is 0. The molecule has 0 aromatic rings. The van der Waals surface area contributed by atoms with E-state index in [1.807, 2.05) is 0 Å². The van der Waals surface area contributed by atoms with Gasteiger partial charge < -0.3 is 0 Å². The summed E-state index contributed by atoms with van der Waals surface area (Å²) in [5.41, 5.74) is 3.94. The molecule has 0 heteroatoms. The molecular formula is C32H56. The molecular weight excluding hydrogens is 384 g/mol. The molecule has 8 unspecified atom stereocenters. The molecule has 0 aliphatic heterocycles. The number of fused-ring (bicyclic) bond motifs is 4. The van der Waals surface area contributed by atoms with E-state index in [2.05, 4.69) is 68.9 Å². The first-order valence-corrected chi connectivity index (χ1v) is 14.4. The summed E-state index contributed by atoms with van der Waals surface area (Å²) in [6, 6.07) is 0. The first kappa shape index (κ1) is 24.9. The van der Waals surface area contributed by atoms with Crippen LogP contribution in [0, 0.1) is 63.1 Å². The Labute approximate surface area is 201 Å². The normalized spacial score (nSPS) is 46.7. The fourth-order valence-corrected chi connectivity index (χ4v) is 9.56. The Bertz CT molecular complexity index is 702. The van der Waals surface area contributed by atoms with Gasteiger partial charge in [-0.2, -0.15) is 0 Å². The van der Waals surface area contributed by atoms with Crippen molar-refractivity contribution in [2.45, 2.75) is 127 Å². The monoisotopic (exact) mass is 440 g/mol. The Morgan fingerprint density at radius 3 is 2.19 bits per heavy atom. The van der Waals surface area contributed by atoms with Crippen LogP contribution in [0.5, 0.6) is 0 Å². The van der Waals surface area contributed by atoms with Gasteiger partial charge in [0.1, 0.15) is 0 Å². The van der Waals surface area contributed by atoms with Gasteiger partial charge in [0.15, 0.2) is 0 Å². The first-order valence-electron chi connectivity index (χ1n) is 14.4. The molecule has 5 rings (SSSR count). The lowest BCUT2D eigenvalue weighted by Crippen LogP contribution is -2.40. The predicted octanol–water partition coefficient (Wildman–Crippen LogP) is 9.94. The van der Waals surface area contributed by atoms with Gasteiger partial charge >= 0.3 is 0 Å². The number of rotatable bonds is 0. The molecule has 0 aromatic heterocycles. The molecule has 184 valence electrons. The second-order valence-corrected chi connectivity index (χ2v) is 15.8. The molecule has 0 heterocycles. The van der Waals surface area contributed by atoms with Gasteiger partial charge in [0.2, 0.25) is 0 Å². The summed E-state index contributed by atoms with van der Waals surface area (Å²) < 4.78 is 0. The zero-order chi connectivity index (χ0) is 23.7. The van der Waals surface area contributed by atoms with Crippen molar-refractivity contribution in [3.05, 3.63) is 12.2 Å². The maximum Gasteiger partial charge on any atom is -0.0149 e. The maximum atomic E-state index is 4.36. The van der Waals surface area contributed by atoms with E-state index in [4.69, 9.17) is 0 Å². The van der Waals surface area contributed by atoms with Gasteiger partial charge in [0, 0.05) is 0 Å². The smallest absolute Gasteiger partial charge is 0.0149 e. The van der Waals surface area contributed by atoms with E-state index in [1.165, 1.54) is 64.2 Å². The van der Waals surface area contributed by atoms with Crippen molar-refractivity contribution >= 4 is 0 Å². The Balaban J connectivity index is 0.000000153. The maximum absolute atomic E-state index is 4.36. The molecule has 0 saturated heterocycles. The van der Waals surface area contributed by atoms with Crippen LogP contribution in [0.25, 0.3) is 0 Å². The molecule has 0 nitrogen and oxygen atoms in total. The predicted molar refractivity (Wildman–Crippen MR) is 141 cm³/mol. The Morgan fingerprint density at radius 1 is 0.844 bits per heavy atom. The highest BCUT2D eigenvalue weighted by molar-refractivity contribution is 5.14. The van der Waals surface area contributed by atoms with Crippen LogP contribution < -0.4 is 0 Å². The SMILES string of the molecule is C=C1CCCC2(C)CCC(C(C)(C)C)CC12.CC1CCC2C1C1C(CCC2(C)C)C1(C)C. The molecule has 0 amide bonds. The molecule has 0 radical (unpaired) electrons. The molecule has 5 aliphatic carbocycles. The van der Waals surface area contributed by atoms with Crippen molar-refractivity contribution in [2.24, 2.45) is 63.1 Å². The van der Waals surface area contributed by atoms with E-state index in [0.717, 1.165) is 41.4 Å². The van der Waals surface area contributed by atoms with Crippen LogP contribution in [0.2, 0.25) is 0 Å². The fraction of sp³-hybridized carbons (Fsp3) is 0.938. The molecule has 0 bridgehead atoms. The summed E-state index contributed by atoms with van der Waals surface area (Å²) in [4.78, 5) is 0. The van der Waals surface area contributed by atoms with E-state index in [1.54, 1.807) is 5.57 Å². The van der Waals surface area contributed by atoms with Gasteiger partial charge in [-0.1, -0.05) is 80.9 Å². The first-order chi connectivity index (χ1) is 14.7. The number of hydrogen-bond acceptors (Lipinski definition) is 0. The van der Waals surface area contributed by atoms with E-state index in [-0.39, 0.29) is 0 Å². The van der Waals surface area contributed by atoms with E-state index in [9.17, 15) is 0 Å². The molecule has 32 heavy (non-hydrogen) atoms. The van der Waals surface area contributed by atoms with Gasteiger partial charge in [-0.05, 0) is 121 Å². The fourth-order valence-electron chi connectivity index (χ4n) is 9.56. The van der Waals surface area contributed by atoms with Gasteiger partial charge in [-0.15, -0.1) is 0 Å². The molecule has 0 N–H and O–H groups in total. The molecule has 8 atom stereocenters. The minimum absolute atomic E-state index is 0.485. The van der Waals surface area contributed by atoms with Gasteiger partial charge in [0.05, 0.1) is 0 Å². The molecule has 0 aromatic carbocycles. The van der Waals surface area contributed by atoms with Crippen LogP contribution in [-0.2, 0) is 0 Å². The van der Waals surface area contributed by atoms with Crippen LogP contribution >= 0.6 is 0 Å². The summed E-state index contributed by atoms with van der Waals surface area (Å²) in [6.07, 6.45) is 14.4. The number of hydrogen-bond donors (Lipinski definition) is 0. The van der Waals surface area contributed by atoms with Crippen LogP contribution in [0.1, 0.15) is 127 Å². The van der Waals surface area contributed by atoms with E-state index >= 15 is 0 Å². The van der Waals surface area contributed by atoms with Crippen molar-refractivity contribution in [2.75, 3.05) is 0 Å². The average Bonchev–Trinajstić information content (AvgIpc) is 3.04. The third-order valence-electron chi connectivity index (χ3n) is 12.1. The van der Waals surface area contributed by atoms with Gasteiger partial charge in [-0.3, -0.25) is 0 Å². The van der Waals surface area contributed by atoms with E-state index < -0.39 is 0 Å². The highest BCUT2D eigenvalue weighted by Gasteiger charge is 2.66. The Kier molecular flexibility index (Phi) is 6.33. The molecule has 0 spiro atoms. The second-order valence-electron chi connectivity index (χ2n) is 15.8. The molecule has 5 saturated carbocycles. The van der Waals surface area contributed by atoms with Crippen molar-refractivity contribution in [1.82, 2.24) is 0 Å². The largest absolute Gasteiger partial charge is 0.0996 e. The zero-order valence-electron chi connectivity index (χ0n) is 23.3. The Hall–Kier alpha value is -0.260. The lowest BCUT2D eigenvalue weighted by atomic mass is 9.54. The van der Waals surface area contributed by atoms with Gasteiger partial charge in [-0.25, -0.2) is 0 Å². The van der Waals surface area contributed by atoms with Crippen molar-refractivity contribution < 1.29 is 0 Å². The standard InChI is InChI=1S/2C16H28/c1-10-6-7-11-13(10)14-12(16(14,4)5)8-9-15(11,2)3;1-12-7-6-9-16(5)10-8-13(11-14(12)16)15(2,3)4/h10-14H,6-9H2,1-5H3;13-14H,1,6-11H2,2-5H3. The summed E-state index contributed by atoms with van der Waals surface area (Å²) in [7, 11) is 0. The lowest BCUT2D eigenvalue weighted by molar-refractivity contribution is 0.0332. The minimum atomic E-state index is 0.485. The summed E-state index contributed by atoms with van der Waals surface area (Å²) in [6.45, 7) is 26.8. The van der Waals surface area contributed by atoms with Crippen LogP contribution in [0.4, 0.5) is 0 Å². The van der Waals surface area contributed by atoms with Crippen LogP contribution in [0.15, 0.2) is 12.2 Å². The third kappa shape index (κ3) is 4.28. The van der Waals surface area contributed by atoms with Crippen molar-refractivity contribution in [1.29, 1.82) is 0 Å². The number of allylic oxidation sites excluding steroid dienone is 1.